The second kappa shape index (κ2) is 4.02. The number of nitrogens with two attached hydrogens (primary N) is 1. The maximum atomic E-state index is 10.0. The van der Waals surface area contributed by atoms with Crippen molar-refractivity contribution in [3.63, 3.8) is 0 Å². The molecule has 0 unspecified atom stereocenters. The number of carbonyl (C=O) groups excluding carboxylic acids is 1. The lowest BCUT2D eigenvalue weighted by atomic mass is 10.2. The lowest BCUT2D eigenvalue weighted by molar-refractivity contribution is 0.565. The van der Waals surface area contributed by atoms with Gasteiger partial charge in [-0.25, -0.2) is 4.79 Å². The molecular formula is C8H7ClN2O. The van der Waals surface area contributed by atoms with Crippen molar-refractivity contribution >= 4 is 23.4 Å². The molecule has 1 aromatic rings. The third kappa shape index (κ3) is 1.71. The van der Waals surface area contributed by atoms with Crippen molar-refractivity contribution < 1.29 is 4.79 Å². The Balaban J connectivity index is 3.28. The Hall–Kier alpha value is -1.15. The molecule has 0 bridgehead atoms. The molecule has 2 N–H and O–H groups in total. The van der Waals surface area contributed by atoms with Crippen molar-refractivity contribution in [3.05, 3.63) is 28.8 Å². The quantitative estimate of drug-likeness (QED) is 0.560. The zero-order chi connectivity index (χ0) is 8.97. The van der Waals surface area contributed by atoms with Crippen LogP contribution in [0.15, 0.2) is 23.2 Å². The molecule has 0 atom stereocenters. The number of benzene rings is 1. The van der Waals surface area contributed by atoms with Crippen LogP contribution in [0.2, 0.25) is 5.02 Å². The van der Waals surface area contributed by atoms with Gasteiger partial charge in [-0.3, -0.25) is 0 Å². The molecule has 0 aromatic heterocycles. The predicted octanol–water partition coefficient (Wildman–Crippen LogP) is 1.77. The van der Waals surface area contributed by atoms with Gasteiger partial charge in [-0.15, -0.1) is 0 Å². The lowest BCUT2D eigenvalue weighted by Gasteiger charge is -2.01. The number of halogens is 1. The van der Waals surface area contributed by atoms with Crippen LogP contribution in [0, 0.1) is 0 Å². The summed E-state index contributed by atoms with van der Waals surface area (Å²) in [5.74, 6) is 0. The highest BCUT2D eigenvalue weighted by atomic mass is 35.5. The third-order valence-electron chi connectivity index (χ3n) is 1.45. The van der Waals surface area contributed by atoms with Crippen LogP contribution in [0.4, 0.5) is 5.69 Å². The first-order valence-corrected chi connectivity index (χ1v) is 3.72. The average molecular weight is 183 g/mol. The topological polar surface area (TPSA) is 55.4 Å². The molecular weight excluding hydrogens is 176 g/mol. The molecule has 62 valence electrons. The first-order chi connectivity index (χ1) is 5.79. The number of hydrogen-bond acceptors (Lipinski definition) is 3. The normalized spacial score (nSPS) is 9.17. The lowest BCUT2D eigenvalue weighted by Crippen LogP contribution is -1.96. The molecule has 4 heteroatoms. The Morgan fingerprint density at radius 2 is 2.33 bits per heavy atom. The molecule has 12 heavy (non-hydrogen) atoms. The summed E-state index contributed by atoms with van der Waals surface area (Å²) in [7, 11) is 0. The van der Waals surface area contributed by atoms with E-state index in [9.17, 15) is 4.79 Å². The second-order valence-electron chi connectivity index (χ2n) is 2.15. The predicted molar refractivity (Wildman–Crippen MR) is 47.1 cm³/mol. The Labute approximate surface area is 74.9 Å². The van der Waals surface area contributed by atoms with Crippen LogP contribution in [0.25, 0.3) is 0 Å². The molecule has 0 radical (unpaired) electrons. The van der Waals surface area contributed by atoms with Gasteiger partial charge in [0.05, 0.1) is 10.7 Å². The van der Waals surface area contributed by atoms with Crippen LogP contribution in [-0.2, 0) is 11.3 Å². The molecule has 1 aromatic carbocycles. The minimum absolute atomic E-state index is 0.307. The standard InChI is InChI=1S/C8H7ClN2O/c9-7-3-1-2-6(4-10)8(7)11-5-12/h1-3H,4,10H2. The number of rotatable bonds is 2. The molecule has 0 saturated carbocycles. The highest BCUT2D eigenvalue weighted by Crippen LogP contribution is 2.27. The van der Waals surface area contributed by atoms with Crippen molar-refractivity contribution in [1.29, 1.82) is 0 Å². The van der Waals surface area contributed by atoms with Gasteiger partial charge >= 0.3 is 0 Å². The van der Waals surface area contributed by atoms with E-state index in [2.05, 4.69) is 4.99 Å². The molecule has 0 aliphatic rings. The minimum Gasteiger partial charge on any atom is -0.326 e. The van der Waals surface area contributed by atoms with Gasteiger partial charge in [0, 0.05) is 6.54 Å². The maximum absolute atomic E-state index is 10.0. The van der Waals surface area contributed by atoms with Gasteiger partial charge in [0.15, 0.2) is 0 Å². The number of aliphatic imine (C=N–C) groups is 1. The fourth-order valence-corrected chi connectivity index (χ4v) is 1.13. The molecule has 0 fully saturated rings. The SMILES string of the molecule is NCc1cccc(Cl)c1N=C=O. The molecule has 0 heterocycles. The molecule has 0 amide bonds. The summed E-state index contributed by atoms with van der Waals surface area (Å²) in [5.41, 5.74) is 6.56. The maximum Gasteiger partial charge on any atom is 0.240 e. The summed E-state index contributed by atoms with van der Waals surface area (Å²) in [6.45, 7) is 0.307. The Bertz CT molecular complexity index is 332. The smallest absolute Gasteiger partial charge is 0.240 e. The zero-order valence-corrected chi connectivity index (χ0v) is 7.01. The van der Waals surface area contributed by atoms with Crippen molar-refractivity contribution in [2.24, 2.45) is 10.7 Å². The van der Waals surface area contributed by atoms with Gasteiger partial charge in [0.2, 0.25) is 6.08 Å². The van der Waals surface area contributed by atoms with E-state index in [0.717, 1.165) is 5.56 Å². The van der Waals surface area contributed by atoms with Crippen molar-refractivity contribution in [2.45, 2.75) is 6.54 Å². The van der Waals surface area contributed by atoms with Crippen LogP contribution in [0.3, 0.4) is 0 Å². The van der Waals surface area contributed by atoms with E-state index in [1.807, 2.05) is 0 Å². The minimum atomic E-state index is 0.307. The fraction of sp³-hybridized carbons (Fsp3) is 0.125. The van der Waals surface area contributed by atoms with Crippen molar-refractivity contribution in [1.82, 2.24) is 0 Å². The highest BCUT2D eigenvalue weighted by molar-refractivity contribution is 6.33. The van der Waals surface area contributed by atoms with E-state index >= 15 is 0 Å². The zero-order valence-electron chi connectivity index (χ0n) is 6.25. The molecule has 0 saturated heterocycles. The average Bonchev–Trinajstić information content (AvgIpc) is 2.09. The first kappa shape index (κ1) is 8.94. The summed E-state index contributed by atoms with van der Waals surface area (Å²) in [5, 5.41) is 0.418. The molecule has 0 aliphatic carbocycles. The summed E-state index contributed by atoms with van der Waals surface area (Å²) in [6, 6.07) is 5.17. The Morgan fingerprint density at radius 3 is 2.92 bits per heavy atom. The van der Waals surface area contributed by atoms with Crippen molar-refractivity contribution in [3.8, 4) is 0 Å². The monoisotopic (exact) mass is 182 g/mol. The van der Waals surface area contributed by atoms with E-state index in [1.165, 1.54) is 6.08 Å². The first-order valence-electron chi connectivity index (χ1n) is 3.35. The Kier molecular flexibility index (Phi) is 3.00. The second-order valence-corrected chi connectivity index (χ2v) is 2.56. The summed E-state index contributed by atoms with van der Waals surface area (Å²) in [4.78, 5) is 13.5. The summed E-state index contributed by atoms with van der Waals surface area (Å²) >= 11 is 5.76. The van der Waals surface area contributed by atoms with E-state index < -0.39 is 0 Å². The van der Waals surface area contributed by atoms with Crippen molar-refractivity contribution in [2.75, 3.05) is 0 Å². The number of para-hydroxylation sites is 1. The molecule has 0 spiro atoms. The van der Waals surface area contributed by atoms with Gasteiger partial charge in [-0.1, -0.05) is 23.7 Å². The van der Waals surface area contributed by atoms with Crippen LogP contribution in [0.1, 0.15) is 5.56 Å². The van der Waals surface area contributed by atoms with Crippen LogP contribution >= 0.6 is 11.6 Å². The summed E-state index contributed by atoms with van der Waals surface area (Å²) in [6.07, 6.45) is 1.43. The van der Waals surface area contributed by atoms with Gasteiger partial charge in [-0.05, 0) is 11.6 Å². The van der Waals surface area contributed by atoms with E-state index in [1.54, 1.807) is 18.2 Å². The molecule has 1 rings (SSSR count). The van der Waals surface area contributed by atoms with Gasteiger partial charge < -0.3 is 5.73 Å². The van der Waals surface area contributed by atoms with Gasteiger partial charge in [-0.2, -0.15) is 4.99 Å². The van der Waals surface area contributed by atoms with E-state index in [-0.39, 0.29) is 0 Å². The molecule has 3 nitrogen and oxygen atoms in total. The van der Waals surface area contributed by atoms with Crippen LogP contribution in [0.5, 0.6) is 0 Å². The van der Waals surface area contributed by atoms with E-state index in [4.69, 9.17) is 17.3 Å². The number of hydrogen-bond donors (Lipinski definition) is 1. The van der Waals surface area contributed by atoms with E-state index in [0.29, 0.717) is 17.3 Å². The summed E-state index contributed by atoms with van der Waals surface area (Å²) < 4.78 is 0. The van der Waals surface area contributed by atoms with Gasteiger partial charge in [0.1, 0.15) is 0 Å². The largest absolute Gasteiger partial charge is 0.326 e. The fourth-order valence-electron chi connectivity index (χ4n) is 0.896. The van der Waals surface area contributed by atoms with Crippen LogP contribution < -0.4 is 5.73 Å². The Morgan fingerprint density at radius 1 is 1.58 bits per heavy atom. The van der Waals surface area contributed by atoms with Crippen LogP contribution in [-0.4, -0.2) is 6.08 Å². The van der Waals surface area contributed by atoms with Gasteiger partial charge in [0.25, 0.3) is 0 Å². The number of isocyanates is 1. The number of nitrogens with zero attached hydrogens (tertiary/aromatic N) is 1. The third-order valence-corrected chi connectivity index (χ3v) is 1.75. The molecule has 0 aliphatic heterocycles. The highest BCUT2D eigenvalue weighted by Gasteiger charge is 2.03.